The average molecular weight is 184 g/mol. The summed E-state index contributed by atoms with van der Waals surface area (Å²) in [5.41, 5.74) is 0. The van der Waals surface area contributed by atoms with Crippen molar-refractivity contribution in [1.29, 1.82) is 0 Å². The van der Waals surface area contributed by atoms with Gasteiger partial charge in [0.2, 0.25) is 0 Å². The first-order valence-electron chi connectivity index (χ1n) is 0.651. The van der Waals surface area contributed by atoms with E-state index in [4.69, 9.17) is 14.1 Å². The van der Waals surface area contributed by atoms with Gasteiger partial charge in [0.25, 0.3) is 0 Å². The van der Waals surface area contributed by atoms with Crippen LogP contribution in [0.4, 0.5) is 0 Å². The van der Waals surface area contributed by atoms with Gasteiger partial charge in [0.1, 0.15) is 0 Å². The molecular formula is H3KO3SiZn. The van der Waals surface area contributed by atoms with Crippen molar-refractivity contribution in [3.8, 4) is 0 Å². The second-order valence-corrected chi connectivity index (χ2v) is 0.848. The Morgan fingerprint density at radius 1 is 1.50 bits per heavy atom. The first kappa shape index (κ1) is 15.7. The molecule has 0 heterocycles. The van der Waals surface area contributed by atoms with Gasteiger partial charge in [-0.25, -0.2) is 0 Å². The van der Waals surface area contributed by atoms with Gasteiger partial charge in [0, 0.05) is 19.5 Å². The first-order valence-corrected chi connectivity index (χ1v) is 1.95. The molecule has 0 saturated carbocycles. The van der Waals surface area contributed by atoms with E-state index in [1.807, 2.05) is 0 Å². The fourth-order valence-corrected chi connectivity index (χ4v) is 0. The van der Waals surface area contributed by atoms with Crippen LogP contribution in [-0.2, 0) is 23.9 Å². The molecule has 0 atom stereocenters. The second kappa shape index (κ2) is 9.99. The maximum absolute atomic E-state index is 8.74. The summed E-state index contributed by atoms with van der Waals surface area (Å²) >= 11 is 0. The third kappa shape index (κ3) is 39.7. The minimum absolute atomic E-state index is 0. The third-order valence-electron chi connectivity index (χ3n) is 0. The zero-order chi connectivity index (χ0) is 3.58. The molecule has 0 radical (unpaired) electrons. The molecule has 0 fully saturated rings. The van der Waals surface area contributed by atoms with Crippen molar-refractivity contribution < 1.29 is 86.3 Å². The molecule has 6 heteroatoms. The molecule has 0 amide bonds. The Morgan fingerprint density at radius 3 is 1.50 bits per heavy atom. The van der Waals surface area contributed by atoms with E-state index in [2.05, 4.69) is 0 Å². The van der Waals surface area contributed by atoms with Crippen LogP contribution < -0.4 is 51.4 Å². The summed E-state index contributed by atoms with van der Waals surface area (Å²) in [5.74, 6) is 0. The van der Waals surface area contributed by atoms with Crippen molar-refractivity contribution in [2.24, 2.45) is 0 Å². The van der Waals surface area contributed by atoms with E-state index >= 15 is 0 Å². The van der Waals surface area contributed by atoms with Crippen molar-refractivity contribution in [3.63, 3.8) is 0 Å². The summed E-state index contributed by atoms with van der Waals surface area (Å²) in [5, 5.41) is 0. The summed E-state index contributed by atoms with van der Waals surface area (Å²) in [6, 6.07) is 0. The Morgan fingerprint density at radius 2 is 1.50 bits per heavy atom. The van der Waals surface area contributed by atoms with E-state index < -0.39 is 9.17 Å². The Bertz CT molecular complexity index is 37.9. The molecule has 2 N–H and O–H groups in total. The van der Waals surface area contributed by atoms with Gasteiger partial charge < -0.3 is 11.0 Å². The number of hydrogen-bond donors (Lipinski definition) is 2. The Hall–Kier alpha value is 1.88. The molecule has 0 aliphatic heterocycles. The summed E-state index contributed by atoms with van der Waals surface area (Å²) in [6.07, 6.45) is 0. The van der Waals surface area contributed by atoms with Crippen LogP contribution in [0.25, 0.3) is 0 Å². The van der Waals surface area contributed by atoms with E-state index in [0.29, 0.717) is 0 Å². The van der Waals surface area contributed by atoms with Gasteiger partial charge in [-0.3, -0.25) is 4.46 Å². The second-order valence-electron chi connectivity index (χ2n) is 0.283. The van der Waals surface area contributed by atoms with Gasteiger partial charge in [-0.05, 0) is 0 Å². The maximum atomic E-state index is 8.74. The van der Waals surface area contributed by atoms with Crippen LogP contribution in [-0.4, -0.2) is 18.8 Å². The van der Waals surface area contributed by atoms with Crippen LogP contribution in [0.1, 0.15) is 1.43 Å². The summed E-state index contributed by atoms with van der Waals surface area (Å²) in [4.78, 5) is 14.3. The largest absolute Gasteiger partial charge is 1.00 e. The molecule has 0 unspecified atom stereocenters. The standard InChI is InChI=1S/K.H2O3Si.Zn.H/c;1-4(2)3;;/h;1-2H;;/q+1;;;-1. The third-order valence-corrected chi connectivity index (χ3v) is 0. The van der Waals surface area contributed by atoms with Gasteiger partial charge in [0.15, 0.2) is 0 Å². The first-order chi connectivity index (χ1) is 1.73. The predicted octanol–water partition coefficient (Wildman–Crippen LogP) is -4.50. The molecule has 0 aliphatic rings. The molecule has 0 spiro atoms. The predicted molar refractivity (Wildman–Crippen MR) is 12.0 cm³/mol. The molecule has 0 saturated heterocycles. The molecule has 0 aromatic heterocycles. The number of hydrogen-bond acceptors (Lipinski definition) is 1. The van der Waals surface area contributed by atoms with Gasteiger partial charge in [-0.15, -0.1) is 0 Å². The molecule has 0 aliphatic carbocycles. The molecule has 0 rings (SSSR count). The van der Waals surface area contributed by atoms with Crippen molar-refractivity contribution in [2.75, 3.05) is 0 Å². The van der Waals surface area contributed by atoms with Crippen LogP contribution in [0.15, 0.2) is 0 Å². The molecular weight excluding hydrogens is 181 g/mol. The molecule has 6 heavy (non-hydrogen) atoms. The Kier molecular flexibility index (Phi) is 26.1. The smallest absolute Gasteiger partial charge is 1.00 e. The molecule has 0 aromatic rings. The topological polar surface area (TPSA) is 57.5 Å². The summed E-state index contributed by atoms with van der Waals surface area (Å²) in [6.45, 7) is 0. The van der Waals surface area contributed by atoms with Gasteiger partial charge in [-0.1, -0.05) is 0 Å². The van der Waals surface area contributed by atoms with Gasteiger partial charge in [-0.2, -0.15) is 0 Å². The Labute approximate surface area is 93.7 Å². The minimum atomic E-state index is -3.13. The van der Waals surface area contributed by atoms with Gasteiger partial charge >= 0.3 is 60.6 Å². The van der Waals surface area contributed by atoms with Crippen molar-refractivity contribution in [3.05, 3.63) is 0 Å². The minimum Gasteiger partial charge on any atom is -1.00 e. The zero-order valence-electron chi connectivity index (χ0n) is 4.51. The zero-order valence-corrected chi connectivity index (χ0v) is 10.6. The van der Waals surface area contributed by atoms with Gasteiger partial charge in [0.05, 0.1) is 0 Å². The van der Waals surface area contributed by atoms with E-state index in [0.717, 1.165) is 0 Å². The molecule has 3 nitrogen and oxygen atoms in total. The summed E-state index contributed by atoms with van der Waals surface area (Å²) < 4.78 is 8.74. The van der Waals surface area contributed by atoms with E-state index in [-0.39, 0.29) is 72.3 Å². The van der Waals surface area contributed by atoms with Crippen LogP contribution in [0, 0.1) is 0 Å². The van der Waals surface area contributed by atoms with Crippen molar-refractivity contribution in [1.82, 2.24) is 0 Å². The summed E-state index contributed by atoms with van der Waals surface area (Å²) in [7, 11) is -3.13. The van der Waals surface area contributed by atoms with E-state index in [9.17, 15) is 0 Å². The van der Waals surface area contributed by atoms with E-state index in [1.165, 1.54) is 0 Å². The van der Waals surface area contributed by atoms with Crippen LogP contribution in [0.2, 0.25) is 0 Å². The van der Waals surface area contributed by atoms with Crippen molar-refractivity contribution in [2.45, 2.75) is 0 Å². The quantitative estimate of drug-likeness (QED) is 0.373. The van der Waals surface area contributed by atoms with Crippen molar-refractivity contribution >= 4 is 9.17 Å². The monoisotopic (exact) mass is 182 g/mol. The Balaban J connectivity index is -0.0000000150. The molecule has 0 bridgehead atoms. The van der Waals surface area contributed by atoms with Crippen LogP contribution in [0.3, 0.4) is 0 Å². The SMILES string of the molecule is O=[Si](O)O.[H-].[K+].[Zn]. The average Bonchev–Trinajstić information content (AvgIpc) is 0.811. The molecule has 28 valence electrons. The fraction of sp³-hybridized carbons (Fsp3) is 0. The van der Waals surface area contributed by atoms with E-state index in [1.54, 1.807) is 0 Å². The fourth-order valence-electron chi connectivity index (χ4n) is 0. The van der Waals surface area contributed by atoms with Crippen LogP contribution in [0.5, 0.6) is 0 Å². The maximum Gasteiger partial charge on any atom is 1.00 e. The molecule has 0 aromatic carbocycles. The normalized spacial score (nSPS) is 4.00. The number of rotatable bonds is 0. The van der Waals surface area contributed by atoms with Crippen LogP contribution >= 0.6 is 0 Å².